The molecule has 1 amide bonds. The lowest BCUT2D eigenvalue weighted by molar-refractivity contribution is -0.139. The lowest BCUT2D eigenvalue weighted by atomic mass is 10.1. The molecule has 0 saturated heterocycles. The van der Waals surface area contributed by atoms with Gasteiger partial charge in [0.15, 0.2) is 0 Å². The van der Waals surface area contributed by atoms with Crippen LogP contribution in [0.3, 0.4) is 0 Å². The summed E-state index contributed by atoms with van der Waals surface area (Å²) in [7, 11) is 1.56. The Labute approximate surface area is 159 Å². The molecule has 28 heavy (non-hydrogen) atoms. The zero-order valence-electron chi connectivity index (χ0n) is 15.3. The molecule has 0 aliphatic heterocycles. The van der Waals surface area contributed by atoms with E-state index in [1.165, 1.54) is 0 Å². The third kappa shape index (κ3) is 4.90. The van der Waals surface area contributed by atoms with Crippen molar-refractivity contribution in [2.75, 3.05) is 13.7 Å². The van der Waals surface area contributed by atoms with E-state index in [1.807, 2.05) is 12.1 Å². The molecule has 0 bridgehead atoms. The van der Waals surface area contributed by atoms with Crippen LogP contribution in [0.1, 0.15) is 35.6 Å². The number of nitrogens with zero attached hydrogens (tertiary/aromatic N) is 2. The number of ether oxygens (including phenoxy) is 1. The van der Waals surface area contributed by atoms with Gasteiger partial charge >= 0.3 is 6.18 Å². The van der Waals surface area contributed by atoms with E-state index in [0.717, 1.165) is 24.5 Å². The van der Waals surface area contributed by atoms with Gasteiger partial charge in [-0.25, -0.2) is 4.68 Å². The highest BCUT2D eigenvalue weighted by Crippen LogP contribution is 2.40. The molecule has 1 aromatic heterocycles. The van der Waals surface area contributed by atoms with E-state index in [9.17, 15) is 22.8 Å². The maximum absolute atomic E-state index is 13.1. The molecule has 6 nitrogen and oxygen atoms in total. The highest BCUT2D eigenvalue weighted by atomic mass is 19.4. The molecule has 9 heteroatoms. The Morgan fingerprint density at radius 1 is 1.29 bits per heavy atom. The molecule has 3 rings (SSSR count). The highest BCUT2D eigenvalue weighted by Gasteiger charge is 2.37. The number of nitrogens with one attached hydrogen (secondary N) is 1. The van der Waals surface area contributed by atoms with E-state index in [-0.39, 0.29) is 18.2 Å². The second-order valence-electron chi connectivity index (χ2n) is 6.67. The second-order valence-corrected chi connectivity index (χ2v) is 6.67. The van der Waals surface area contributed by atoms with Crippen molar-refractivity contribution in [3.63, 3.8) is 0 Å². The SMILES string of the molecule is COc1ccc(CCNC(=O)Cn2nc(C3CC3)cc(C(F)(F)F)c2=O)cc1. The molecule has 0 radical (unpaired) electrons. The smallest absolute Gasteiger partial charge is 0.421 e. The van der Waals surface area contributed by atoms with Crippen molar-refractivity contribution in [2.24, 2.45) is 0 Å². The third-order valence-corrected chi connectivity index (χ3v) is 4.48. The number of rotatable bonds is 7. The van der Waals surface area contributed by atoms with Crippen LogP contribution in [0.5, 0.6) is 5.75 Å². The number of aromatic nitrogens is 2. The summed E-state index contributed by atoms with van der Waals surface area (Å²) >= 11 is 0. The molecule has 0 atom stereocenters. The first-order chi connectivity index (χ1) is 13.3. The molecular formula is C19H20F3N3O3. The van der Waals surface area contributed by atoms with Crippen molar-refractivity contribution in [3.8, 4) is 5.75 Å². The summed E-state index contributed by atoms with van der Waals surface area (Å²) in [6.07, 6.45) is -2.78. The monoisotopic (exact) mass is 395 g/mol. The quantitative estimate of drug-likeness (QED) is 0.782. The van der Waals surface area contributed by atoms with Crippen LogP contribution in [0.2, 0.25) is 0 Å². The van der Waals surface area contributed by atoms with Gasteiger partial charge in [-0.2, -0.15) is 18.3 Å². The molecule has 0 unspecified atom stereocenters. The standard InChI is InChI=1S/C19H20F3N3O3/c1-28-14-6-2-12(3-7-14)8-9-23-17(26)11-25-18(27)15(19(20,21)22)10-16(24-25)13-4-5-13/h2-3,6-7,10,13H,4-5,8-9,11H2,1H3,(H,23,26). The number of carbonyl (C=O) groups is 1. The highest BCUT2D eigenvalue weighted by molar-refractivity contribution is 5.75. The van der Waals surface area contributed by atoms with Gasteiger partial charge in [0.1, 0.15) is 17.9 Å². The van der Waals surface area contributed by atoms with E-state index in [1.54, 1.807) is 19.2 Å². The number of benzene rings is 1. The first kappa shape index (κ1) is 19.9. The molecule has 2 aromatic rings. The zero-order chi connectivity index (χ0) is 20.3. The Morgan fingerprint density at radius 3 is 2.54 bits per heavy atom. The van der Waals surface area contributed by atoms with Crippen LogP contribution in [-0.2, 0) is 23.9 Å². The minimum absolute atomic E-state index is 0.0777. The number of methoxy groups -OCH3 is 1. The fourth-order valence-electron chi connectivity index (χ4n) is 2.78. The fourth-order valence-corrected chi connectivity index (χ4v) is 2.78. The maximum atomic E-state index is 13.1. The number of hydrogen-bond acceptors (Lipinski definition) is 4. The van der Waals surface area contributed by atoms with Crippen molar-refractivity contribution >= 4 is 5.91 Å². The minimum Gasteiger partial charge on any atom is -0.497 e. The summed E-state index contributed by atoms with van der Waals surface area (Å²) in [6, 6.07) is 8.10. The predicted octanol–water partition coefficient (Wildman–Crippen LogP) is 2.51. The molecule has 1 N–H and O–H groups in total. The summed E-state index contributed by atoms with van der Waals surface area (Å²) < 4.78 is 45.0. The number of alkyl halides is 3. The van der Waals surface area contributed by atoms with Crippen LogP contribution >= 0.6 is 0 Å². The molecule has 1 fully saturated rings. The Hall–Kier alpha value is -2.84. The fraction of sp³-hybridized carbons (Fsp3) is 0.421. The average Bonchev–Trinajstić information content (AvgIpc) is 3.48. The van der Waals surface area contributed by atoms with Crippen LogP contribution < -0.4 is 15.6 Å². The van der Waals surface area contributed by atoms with Crippen LogP contribution in [0.25, 0.3) is 0 Å². The summed E-state index contributed by atoms with van der Waals surface area (Å²) in [5.74, 6) is 0.0736. The Kier molecular flexibility index (Phi) is 5.71. The van der Waals surface area contributed by atoms with Gasteiger partial charge in [-0.3, -0.25) is 9.59 Å². The van der Waals surface area contributed by atoms with E-state index in [4.69, 9.17) is 4.74 Å². The summed E-state index contributed by atoms with van der Waals surface area (Å²) in [4.78, 5) is 24.2. The molecule has 1 saturated carbocycles. The van der Waals surface area contributed by atoms with Crippen LogP contribution in [-0.4, -0.2) is 29.3 Å². The molecule has 0 spiro atoms. The van der Waals surface area contributed by atoms with Gasteiger partial charge in [0.25, 0.3) is 5.56 Å². The first-order valence-corrected chi connectivity index (χ1v) is 8.87. The Balaban J connectivity index is 1.64. The van der Waals surface area contributed by atoms with Gasteiger partial charge in [-0.05, 0) is 43.0 Å². The molecular weight excluding hydrogens is 375 g/mol. The lowest BCUT2D eigenvalue weighted by Gasteiger charge is -2.12. The Morgan fingerprint density at radius 2 is 1.96 bits per heavy atom. The number of amides is 1. The second kappa shape index (κ2) is 8.04. The van der Waals surface area contributed by atoms with Crippen molar-refractivity contribution in [1.29, 1.82) is 0 Å². The van der Waals surface area contributed by atoms with Gasteiger partial charge in [0.2, 0.25) is 5.91 Å². The molecule has 1 heterocycles. The summed E-state index contributed by atoms with van der Waals surface area (Å²) in [6.45, 7) is -0.264. The zero-order valence-corrected chi connectivity index (χ0v) is 15.3. The third-order valence-electron chi connectivity index (χ3n) is 4.48. The summed E-state index contributed by atoms with van der Waals surface area (Å²) in [5, 5.41) is 6.57. The maximum Gasteiger partial charge on any atom is 0.421 e. The van der Waals surface area contributed by atoms with E-state index < -0.39 is 29.8 Å². The van der Waals surface area contributed by atoms with Gasteiger partial charge in [0, 0.05) is 12.5 Å². The largest absolute Gasteiger partial charge is 0.497 e. The van der Waals surface area contributed by atoms with E-state index in [2.05, 4.69) is 10.4 Å². The van der Waals surface area contributed by atoms with Gasteiger partial charge in [0.05, 0.1) is 12.8 Å². The average molecular weight is 395 g/mol. The van der Waals surface area contributed by atoms with Crippen molar-refractivity contribution in [1.82, 2.24) is 15.1 Å². The van der Waals surface area contributed by atoms with Crippen molar-refractivity contribution < 1.29 is 22.7 Å². The number of halogens is 3. The molecule has 1 aliphatic carbocycles. The van der Waals surface area contributed by atoms with Gasteiger partial charge in [-0.1, -0.05) is 12.1 Å². The van der Waals surface area contributed by atoms with E-state index >= 15 is 0 Å². The van der Waals surface area contributed by atoms with Crippen LogP contribution in [0.4, 0.5) is 13.2 Å². The Bertz CT molecular complexity index is 903. The number of carbonyl (C=O) groups excluding carboxylic acids is 1. The molecule has 1 aliphatic rings. The number of hydrogen-bond donors (Lipinski definition) is 1. The van der Waals surface area contributed by atoms with Crippen molar-refractivity contribution in [3.05, 3.63) is 57.5 Å². The minimum atomic E-state index is -4.78. The predicted molar refractivity (Wildman–Crippen MR) is 95.2 cm³/mol. The van der Waals surface area contributed by atoms with Crippen LogP contribution in [0, 0.1) is 0 Å². The van der Waals surface area contributed by atoms with Gasteiger partial charge in [-0.15, -0.1) is 0 Å². The molecule has 1 aromatic carbocycles. The van der Waals surface area contributed by atoms with Crippen LogP contribution in [0.15, 0.2) is 35.1 Å². The van der Waals surface area contributed by atoms with Gasteiger partial charge < -0.3 is 10.1 Å². The van der Waals surface area contributed by atoms with E-state index in [0.29, 0.717) is 16.9 Å². The lowest BCUT2D eigenvalue weighted by Crippen LogP contribution is -2.37. The summed E-state index contributed by atoms with van der Waals surface area (Å²) in [5.41, 5.74) is -1.41. The normalized spacial score (nSPS) is 14.0. The topological polar surface area (TPSA) is 73.2 Å². The first-order valence-electron chi connectivity index (χ1n) is 8.87. The van der Waals surface area contributed by atoms with Crippen molar-refractivity contribution in [2.45, 2.75) is 37.9 Å². The molecule has 150 valence electrons.